The third-order valence-corrected chi connectivity index (χ3v) is 3.86. The third kappa shape index (κ3) is 5.08. The summed E-state index contributed by atoms with van der Waals surface area (Å²) in [6, 6.07) is 3.36. The number of nitrogens with one attached hydrogen (secondary N) is 1. The second kappa shape index (κ2) is 7.35. The van der Waals surface area contributed by atoms with E-state index < -0.39 is 11.9 Å². The van der Waals surface area contributed by atoms with E-state index in [1.165, 1.54) is 16.2 Å². The van der Waals surface area contributed by atoms with Gasteiger partial charge in [0.25, 0.3) is 0 Å². The van der Waals surface area contributed by atoms with Crippen LogP contribution in [-0.4, -0.2) is 35.1 Å². The molecule has 0 aliphatic rings. The number of carbonyl (C=O) groups is 2. The van der Waals surface area contributed by atoms with Gasteiger partial charge in [0.1, 0.15) is 0 Å². The second-order valence-electron chi connectivity index (χ2n) is 4.14. The number of thiophene rings is 1. The zero-order valence-electron chi connectivity index (χ0n) is 10.9. The van der Waals surface area contributed by atoms with Crippen molar-refractivity contribution in [3.05, 3.63) is 21.3 Å². The van der Waals surface area contributed by atoms with Crippen molar-refractivity contribution in [2.45, 2.75) is 20.4 Å². The monoisotopic (exact) mass is 304 g/mol. The number of halogens is 1. The summed E-state index contributed by atoms with van der Waals surface area (Å²) < 4.78 is 0.677. The minimum atomic E-state index is -0.906. The van der Waals surface area contributed by atoms with Crippen LogP contribution in [0.2, 0.25) is 4.34 Å². The predicted octanol–water partition coefficient (Wildman–Crippen LogP) is 2.65. The molecule has 7 heteroatoms. The van der Waals surface area contributed by atoms with Gasteiger partial charge < -0.3 is 15.3 Å². The van der Waals surface area contributed by atoms with Crippen molar-refractivity contribution in [1.29, 1.82) is 0 Å². The van der Waals surface area contributed by atoms with Gasteiger partial charge in [-0.25, -0.2) is 4.79 Å². The highest BCUT2D eigenvalue weighted by atomic mass is 35.5. The summed E-state index contributed by atoms with van der Waals surface area (Å²) >= 11 is 7.21. The molecule has 1 unspecified atom stereocenters. The Morgan fingerprint density at radius 3 is 2.68 bits per heavy atom. The highest BCUT2D eigenvalue weighted by Crippen LogP contribution is 2.21. The molecule has 0 bridgehead atoms. The quantitative estimate of drug-likeness (QED) is 0.849. The molecule has 0 aliphatic carbocycles. The molecule has 0 radical (unpaired) electrons. The molecule has 1 aromatic rings. The summed E-state index contributed by atoms with van der Waals surface area (Å²) in [6.45, 7) is 4.46. The van der Waals surface area contributed by atoms with Crippen LogP contribution in [0.1, 0.15) is 18.7 Å². The van der Waals surface area contributed by atoms with Crippen LogP contribution >= 0.6 is 22.9 Å². The second-order valence-corrected chi connectivity index (χ2v) is 5.94. The standard InChI is InChI=1S/C12H17ClN2O3S/c1-3-15(7-8(2)11(16)17)12(18)14-6-9-4-5-10(13)19-9/h4-5,8H,3,6-7H2,1-2H3,(H,14,18)(H,16,17). The molecule has 2 N–H and O–H groups in total. The van der Waals surface area contributed by atoms with Crippen molar-refractivity contribution in [3.8, 4) is 0 Å². The average molecular weight is 305 g/mol. The Labute approximate surface area is 121 Å². The first kappa shape index (κ1) is 15.8. The minimum absolute atomic E-state index is 0.197. The summed E-state index contributed by atoms with van der Waals surface area (Å²) in [6.07, 6.45) is 0. The molecule has 0 spiro atoms. The van der Waals surface area contributed by atoms with E-state index in [1.807, 2.05) is 13.0 Å². The van der Waals surface area contributed by atoms with Crippen molar-refractivity contribution in [3.63, 3.8) is 0 Å². The van der Waals surface area contributed by atoms with Gasteiger partial charge in [0.05, 0.1) is 16.8 Å². The molecule has 0 saturated carbocycles. The van der Waals surface area contributed by atoms with Gasteiger partial charge in [-0.05, 0) is 19.1 Å². The highest BCUT2D eigenvalue weighted by molar-refractivity contribution is 7.16. The third-order valence-electron chi connectivity index (χ3n) is 2.63. The molecular formula is C12H17ClN2O3S. The van der Waals surface area contributed by atoms with Crippen molar-refractivity contribution >= 4 is 34.9 Å². The Morgan fingerprint density at radius 1 is 1.53 bits per heavy atom. The Bertz CT molecular complexity index is 450. The first-order valence-electron chi connectivity index (χ1n) is 5.93. The van der Waals surface area contributed by atoms with Crippen LogP contribution in [0.15, 0.2) is 12.1 Å². The Kier molecular flexibility index (Phi) is 6.11. The number of nitrogens with zero attached hydrogens (tertiary/aromatic N) is 1. The number of hydrogen-bond acceptors (Lipinski definition) is 3. The van der Waals surface area contributed by atoms with Crippen molar-refractivity contribution < 1.29 is 14.7 Å². The van der Waals surface area contributed by atoms with Crippen molar-refractivity contribution in [2.24, 2.45) is 5.92 Å². The largest absolute Gasteiger partial charge is 0.481 e. The van der Waals surface area contributed by atoms with Crippen molar-refractivity contribution in [1.82, 2.24) is 10.2 Å². The number of rotatable bonds is 6. The van der Waals surface area contributed by atoms with E-state index in [1.54, 1.807) is 13.0 Å². The molecule has 1 aromatic heterocycles. The molecule has 0 aromatic carbocycles. The van der Waals surface area contributed by atoms with Crippen LogP contribution in [-0.2, 0) is 11.3 Å². The van der Waals surface area contributed by atoms with E-state index in [4.69, 9.17) is 16.7 Å². The lowest BCUT2D eigenvalue weighted by molar-refractivity contribution is -0.141. The molecule has 5 nitrogen and oxygen atoms in total. The summed E-state index contributed by atoms with van der Waals surface area (Å²) in [5.74, 6) is -1.49. The topological polar surface area (TPSA) is 69.6 Å². The smallest absolute Gasteiger partial charge is 0.317 e. The fourth-order valence-corrected chi connectivity index (χ4v) is 2.51. The Balaban J connectivity index is 2.47. The van der Waals surface area contributed by atoms with E-state index in [0.29, 0.717) is 17.4 Å². The fourth-order valence-electron chi connectivity index (χ4n) is 1.49. The average Bonchev–Trinajstić information content (AvgIpc) is 2.78. The van der Waals surface area contributed by atoms with Crippen LogP contribution in [0, 0.1) is 5.92 Å². The highest BCUT2D eigenvalue weighted by Gasteiger charge is 2.19. The maximum Gasteiger partial charge on any atom is 0.317 e. The molecule has 1 heterocycles. The fraction of sp³-hybridized carbons (Fsp3) is 0.500. The number of carboxylic acids is 1. The van der Waals surface area contributed by atoms with Gasteiger partial charge in [-0.3, -0.25) is 4.79 Å². The zero-order valence-corrected chi connectivity index (χ0v) is 12.4. The van der Waals surface area contributed by atoms with Crippen molar-refractivity contribution in [2.75, 3.05) is 13.1 Å². The Hall–Kier alpha value is -1.27. The van der Waals surface area contributed by atoms with Crippen LogP contribution < -0.4 is 5.32 Å². The summed E-state index contributed by atoms with van der Waals surface area (Å²) in [4.78, 5) is 25.1. The summed E-state index contributed by atoms with van der Waals surface area (Å²) in [5, 5.41) is 11.6. The molecule has 0 saturated heterocycles. The number of urea groups is 1. The van der Waals surface area contributed by atoms with Gasteiger partial charge in [-0.1, -0.05) is 18.5 Å². The lowest BCUT2D eigenvalue weighted by Crippen LogP contribution is -2.42. The minimum Gasteiger partial charge on any atom is -0.481 e. The molecule has 106 valence electrons. The predicted molar refractivity (Wildman–Crippen MR) is 75.6 cm³/mol. The molecule has 0 aliphatic heterocycles. The van der Waals surface area contributed by atoms with E-state index in [2.05, 4.69) is 5.32 Å². The summed E-state index contributed by atoms with van der Waals surface area (Å²) in [5.41, 5.74) is 0. The molecule has 1 atom stereocenters. The van der Waals surface area contributed by atoms with Gasteiger partial charge in [0.15, 0.2) is 0 Å². The van der Waals surface area contributed by atoms with E-state index in [0.717, 1.165) is 4.88 Å². The lowest BCUT2D eigenvalue weighted by Gasteiger charge is -2.23. The maximum absolute atomic E-state index is 11.9. The summed E-state index contributed by atoms with van der Waals surface area (Å²) in [7, 11) is 0. The van der Waals surface area contributed by atoms with E-state index in [-0.39, 0.29) is 12.6 Å². The Morgan fingerprint density at radius 2 is 2.21 bits per heavy atom. The first-order valence-corrected chi connectivity index (χ1v) is 7.13. The number of carboxylic acid groups (broad SMARTS) is 1. The van der Waals surface area contributed by atoms with Crippen LogP contribution in [0.3, 0.4) is 0 Å². The van der Waals surface area contributed by atoms with Crippen LogP contribution in [0.25, 0.3) is 0 Å². The number of aliphatic carboxylic acids is 1. The van der Waals surface area contributed by atoms with Gasteiger partial charge in [-0.2, -0.15) is 0 Å². The van der Waals surface area contributed by atoms with E-state index in [9.17, 15) is 9.59 Å². The van der Waals surface area contributed by atoms with Gasteiger partial charge in [0, 0.05) is 18.0 Å². The van der Waals surface area contributed by atoms with Gasteiger partial charge in [-0.15, -0.1) is 11.3 Å². The maximum atomic E-state index is 11.9. The number of carbonyl (C=O) groups excluding carboxylic acids is 1. The molecular weight excluding hydrogens is 288 g/mol. The zero-order chi connectivity index (χ0) is 14.4. The molecule has 2 amide bonds. The van der Waals surface area contributed by atoms with Gasteiger partial charge in [0.2, 0.25) is 0 Å². The lowest BCUT2D eigenvalue weighted by atomic mass is 10.2. The normalized spacial score (nSPS) is 11.9. The van der Waals surface area contributed by atoms with Crippen LogP contribution in [0.4, 0.5) is 4.79 Å². The van der Waals surface area contributed by atoms with E-state index >= 15 is 0 Å². The molecule has 19 heavy (non-hydrogen) atoms. The molecule has 1 rings (SSSR count). The molecule has 0 fully saturated rings. The number of amides is 2. The van der Waals surface area contributed by atoms with Gasteiger partial charge >= 0.3 is 12.0 Å². The number of hydrogen-bond donors (Lipinski definition) is 2. The SMILES string of the molecule is CCN(CC(C)C(=O)O)C(=O)NCc1ccc(Cl)s1. The first-order chi connectivity index (χ1) is 8.93. The van der Waals surface area contributed by atoms with Crippen LogP contribution in [0.5, 0.6) is 0 Å².